The molecule has 11 heteroatoms. The summed E-state index contributed by atoms with van der Waals surface area (Å²) in [7, 11) is 0. The Balaban J connectivity index is 1.78. The standard InChI is InChI=1S/C18H18F2IN3O4S/c1-18(2,3)28-17(26)24(15-22-4-5-29-15)9-11-8-23(16(25)27-11)10-6-12(19)14(21)13(20)7-10/h4-7,11H,8-9H2,1-3H3/t11-/m1/s1. The molecule has 1 aliphatic rings. The van der Waals surface area contributed by atoms with Gasteiger partial charge in [-0.3, -0.25) is 4.90 Å². The third kappa shape index (κ3) is 5.13. The summed E-state index contributed by atoms with van der Waals surface area (Å²) in [6.45, 7) is 5.22. The van der Waals surface area contributed by atoms with Crippen LogP contribution in [0.2, 0.25) is 0 Å². The highest BCUT2D eigenvalue weighted by Crippen LogP contribution is 2.28. The van der Waals surface area contributed by atoms with Gasteiger partial charge in [-0.25, -0.2) is 28.3 Å². The molecule has 0 unspecified atom stereocenters. The Morgan fingerprint density at radius 1 is 1.41 bits per heavy atom. The van der Waals surface area contributed by atoms with Crippen LogP contribution in [0.15, 0.2) is 23.7 Å². The van der Waals surface area contributed by atoms with Crippen molar-refractivity contribution in [1.82, 2.24) is 4.98 Å². The van der Waals surface area contributed by atoms with Gasteiger partial charge in [0.15, 0.2) is 5.13 Å². The normalized spacial score (nSPS) is 16.7. The summed E-state index contributed by atoms with van der Waals surface area (Å²) in [5.41, 5.74) is -0.674. The number of hydrogen-bond acceptors (Lipinski definition) is 6. The van der Waals surface area contributed by atoms with Gasteiger partial charge in [-0.15, -0.1) is 11.3 Å². The zero-order valence-corrected chi connectivity index (χ0v) is 18.8. The smallest absolute Gasteiger partial charge is 0.416 e. The Kier molecular flexibility index (Phi) is 6.27. The number of benzene rings is 1. The van der Waals surface area contributed by atoms with E-state index in [2.05, 4.69) is 4.98 Å². The largest absolute Gasteiger partial charge is 0.443 e. The van der Waals surface area contributed by atoms with E-state index in [1.54, 1.807) is 54.9 Å². The van der Waals surface area contributed by atoms with Crippen molar-refractivity contribution < 1.29 is 27.8 Å². The van der Waals surface area contributed by atoms with Crippen LogP contribution in [0.1, 0.15) is 20.8 Å². The Bertz CT molecular complexity index is 897. The molecule has 0 saturated carbocycles. The van der Waals surface area contributed by atoms with Crippen molar-refractivity contribution in [3.63, 3.8) is 0 Å². The number of halogens is 3. The number of carbonyl (C=O) groups excluding carboxylic acids is 2. The van der Waals surface area contributed by atoms with Gasteiger partial charge in [-0.05, 0) is 55.5 Å². The molecule has 1 fully saturated rings. The van der Waals surface area contributed by atoms with E-state index in [4.69, 9.17) is 9.47 Å². The first-order valence-electron chi connectivity index (χ1n) is 8.58. The van der Waals surface area contributed by atoms with Crippen molar-refractivity contribution in [3.05, 3.63) is 38.9 Å². The number of carbonyl (C=O) groups is 2. The molecule has 0 aliphatic carbocycles. The van der Waals surface area contributed by atoms with Crippen LogP contribution in [0.5, 0.6) is 0 Å². The molecule has 1 saturated heterocycles. The fourth-order valence-corrected chi connectivity index (χ4v) is 3.58. The van der Waals surface area contributed by atoms with Crippen molar-refractivity contribution >= 4 is 56.9 Å². The molecule has 1 aromatic carbocycles. The lowest BCUT2D eigenvalue weighted by Crippen LogP contribution is -2.42. The Labute approximate surface area is 183 Å². The maximum absolute atomic E-state index is 13.9. The average molecular weight is 537 g/mol. The van der Waals surface area contributed by atoms with E-state index in [0.717, 1.165) is 17.0 Å². The second kappa shape index (κ2) is 8.38. The monoisotopic (exact) mass is 537 g/mol. The molecule has 3 rings (SSSR count). The number of aromatic nitrogens is 1. The van der Waals surface area contributed by atoms with E-state index in [1.807, 2.05) is 0 Å². The van der Waals surface area contributed by atoms with Crippen molar-refractivity contribution in [2.75, 3.05) is 22.9 Å². The predicted molar refractivity (Wildman–Crippen MR) is 112 cm³/mol. The van der Waals surface area contributed by atoms with E-state index < -0.39 is 35.5 Å². The van der Waals surface area contributed by atoms with Gasteiger partial charge in [0.2, 0.25) is 0 Å². The van der Waals surface area contributed by atoms with Crippen LogP contribution in [-0.4, -0.2) is 42.0 Å². The second-order valence-electron chi connectivity index (χ2n) is 7.25. The second-order valence-corrected chi connectivity index (χ2v) is 9.20. The maximum Gasteiger partial charge on any atom is 0.416 e. The molecule has 1 aromatic heterocycles. The van der Waals surface area contributed by atoms with E-state index >= 15 is 0 Å². The molecule has 156 valence electrons. The molecule has 2 amide bonds. The summed E-state index contributed by atoms with van der Waals surface area (Å²) >= 11 is 2.78. The van der Waals surface area contributed by atoms with Crippen LogP contribution >= 0.6 is 33.9 Å². The number of rotatable bonds is 4. The van der Waals surface area contributed by atoms with Crippen molar-refractivity contribution in [2.45, 2.75) is 32.5 Å². The number of anilines is 2. The number of amides is 2. The van der Waals surface area contributed by atoms with Crippen LogP contribution < -0.4 is 9.80 Å². The first-order chi connectivity index (χ1) is 13.5. The molecular weight excluding hydrogens is 519 g/mol. The van der Waals surface area contributed by atoms with E-state index in [0.29, 0.717) is 5.13 Å². The van der Waals surface area contributed by atoms with Crippen molar-refractivity contribution in [1.29, 1.82) is 0 Å². The fraction of sp³-hybridized carbons (Fsp3) is 0.389. The van der Waals surface area contributed by atoms with E-state index in [1.165, 1.54) is 16.2 Å². The molecule has 1 aliphatic heterocycles. The lowest BCUT2D eigenvalue weighted by molar-refractivity contribution is 0.0558. The minimum Gasteiger partial charge on any atom is -0.443 e. The molecule has 29 heavy (non-hydrogen) atoms. The third-order valence-electron chi connectivity index (χ3n) is 3.80. The zero-order valence-electron chi connectivity index (χ0n) is 15.8. The van der Waals surface area contributed by atoms with Crippen LogP contribution in [0.25, 0.3) is 0 Å². The van der Waals surface area contributed by atoms with Crippen LogP contribution in [-0.2, 0) is 9.47 Å². The molecule has 0 spiro atoms. The molecule has 1 atom stereocenters. The molecule has 2 heterocycles. The number of ether oxygens (including phenoxy) is 2. The molecule has 2 aromatic rings. The van der Waals surface area contributed by atoms with E-state index in [9.17, 15) is 18.4 Å². The van der Waals surface area contributed by atoms with Crippen LogP contribution in [0.3, 0.4) is 0 Å². The van der Waals surface area contributed by atoms with Gasteiger partial charge in [0.25, 0.3) is 0 Å². The molecule has 0 N–H and O–H groups in total. The number of hydrogen-bond donors (Lipinski definition) is 0. The van der Waals surface area contributed by atoms with Gasteiger partial charge in [-0.2, -0.15) is 0 Å². The summed E-state index contributed by atoms with van der Waals surface area (Å²) < 4.78 is 38.3. The van der Waals surface area contributed by atoms with Crippen molar-refractivity contribution in [2.24, 2.45) is 0 Å². The summed E-state index contributed by atoms with van der Waals surface area (Å²) in [5, 5.41) is 2.09. The maximum atomic E-state index is 13.9. The highest BCUT2D eigenvalue weighted by Gasteiger charge is 2.37. The molecular formula is C18H18F2IN3O4S. The summed E-state index contributed by atoms with van der Waals surface area (Å²) in [6, 6.07) is 2.14. The number of thiazole rings is 1. The fourth-order valence-electron chi connectivity index (χ4n) is 2.63. The topological polar surface area (TPSA) is 72.0 Å². The van der Waals surface area contributed by atoms with Crippen LogP contribution in [0.4, 0.5) is 29.2 Å². The summed E-state index contributed by atoms with van der Waals surface area (Å²) in [6.07, 6.45) is -0.572. The minimum absolute atomic E-state index is 0.0139. The van der Waals surface area contributed by atoms with Gasteiger partial charge in [0.1, 0.15) is 23.3 Å². The van der Waals surface area contributed by atoms with E-state index in [-0.39, 0.29) is 22.3 Å². The predicted octanol–water partition coefficient (Wildman–Crippen LogP) is 4.79. The lowest BCUT2D eigenvalue weighted by Gasteiger charge is -2.26. The number of cyclic esters (lactones) is 1. The molecule has 0 radical (unpaired) electrons. The Morgan fingerprint density at radius 3 is 2.62 bits per heavy atom. The minimum atomic E-state index is -0.769. The van der Waals surface area contributed by atoms with Gasteiger partial charge in [0.05, 0.1) is 22.3 Å². The lowest BCUT2D eigenvalue weighted by atomic mass is 10.2. The van der Waals surface area contributed by atoms with Crippen molar-refractivity contribution in [3.8, 4) is 0 Å². The Hall–Kier alpha value is -2.02. The molecule has 7 nitrogen and oxygen atoms in total. The number of nitrogens with zero attached hydrogens (tertiary/aromatic N) is 3. The molecule has 0 bridgehead atoms. The average Bonchev–Trinajstić information content (AvgIpc) is 3.25. The summed E-state index contributed by atoms with van der Waals surface area (Å²) in [5.74, 6) is -1.54. The third-order valence-corrected chi connectivity index (χ3v) is 5.63. The first kappa shape index (κ1) is 21.7. The van der Waals surface area contributed by atoms with Gasteiger partial charge in [0, 0.05) is 11.6 Å². The quantitative estimate of drug-likeness (QED) is 0.415. The summed E-state index contributed by atoms with van der Waals surface area (Å²) in [4.78, 5) is 31.4. The Morgan fingerprint density at radius 2 is 2.07 bits per heavy atom. The zero-order chi connectivity index (χ0) is 21.3. The SMILES string of the molecule is CC(C)(C)OC(=O)N(C[C@H]1CN(c2cc(F)c(I)c(F)c2)C(=O)O1)c1nccs1. The van der Waals surface area contributed by atoms with Gasteiger partial charge in [-0.1, -0.05) is 0 Å². The van der Waals surface area contributed by atoms with Crippen LogP contribution in [0, 0.1) is 15.2 Å². The highest BCUT2D eigenvalue weighted by atomic mass is 127. The first-order valence-corrected chi connectivity index (χ1v) is 10.5. The van der Waals surface area contributed by atoms with Gasteiger partial charge < -0.3 is 9.47 Å². The highest BCUT2D eigenvalue weighted by molar-refractivity contribution is 14.1. The van der Waals surface area contributed by atoms with Gasteiger partial charge >= 0.3 is 12.2 Å².